The summed E-state index contributed by atoms with van der Waals surface area (Å²) in [5.74, 6) is -0.475. The predicted octanol–water partition coefficient (Wildman–Crippen LogP) is 8.09. The Bertz CT molecular complexity index is 1330. The van der Waals surface area contributed by atoms with Crippen molar-refractivity contribution in [3.8, 4) is 11.4 Å². The number of benzene rings is 3. The Morgan fingerprint density at radius 2 is 1.71 bits per heavy atom. The van der Waals surface area contributed by atoms with Gasteiger partial charge in [-0.25, -0.2) is 13.8 Å². The van der Waals surface area contributed by atoms with Crippen molar-refractivity contribution in [3.05, 3.63) is 105 Å². The molecule has 0 saturated heterocycles. The van der Waals surface area contributed by atoms with Crippen LogP contribution in [0.5, 0.6) is 5.75 Å². The Hall–Kier alpha value is -2.54. The van der Waals surface area contributed by atoms with E-state index in [2.05, 4.69) is 0 Å². The van der Waals surface area contributed by atoms with Gasteiger partial charge in [-0.05, 0) is 61.0 Å². The zero-order valence-corrected chi connectivity index (χ0v) is 21.1. The third-order valence-electron chi connectivity index (χ3n) is 5.77. The van der Waals surface area contributed by atoms with Gasteiger partial charge in [0, 0.05) is 27.4 Å². The maximum Gasteiger partial charge on any atom is 0.173 e. The first-order chi connectivity index (χ1) is 16.1. The monoisotopic (exact) mass is 518 g/mol. The van der Waals surface area contributed by atoms with Gasteiger partial charge in [-0.3, -0.25) is 4.57 Å². The third-order valence-corrected chi connectivity index (χ3v) is 7.41. The lowest BCUT2D eigenvalue weighted by molar-refractivity contribution is 0.472. The Balaban J connectivity index is 1.85. The second-order valence-corrected chi connectivity index (χ2v) is 10.2. The van der Waals surface area contributed by atoms with Gasteiger partial charge in [0.05, 0.1) is 16.4 Å². The number of hydrogen-bond acceptors (Lipinski definition) is 3. The molecule has 0 fully saturated rings. The molecule has 0 bridgehead atoms. The zero-order valence-electron chi connectivity index (χ0n) is 18.7. The number of phenolic OH excluding ortho intramolecular Hbond substituents is 1. The average molecular weight is 519 g/mol. The zero-order chi connectivity index (χ0) is 24.6. The Kier molecular flexibility index (Phi) is 6.94. The molecule has 4 aromatic rings. The fourth-order valence-corrected chi connectivity index (χ4v) is 5.53. The molecule has 34 heavy (non-hydrogen) atoms. The highest BCUT2D eigenvalue weighted by molar-refractivity contribution is 7.98. The van der Waals surface area contributed by atoms with Crippen molar-refractivity contribution in [2.45, 2.75) is 37.1 Å². The molecular weight excluding hydrogens is 497 g/mol. The number of imidazole rings is 1. The number of phenols is 1. The number of rotatable bonds is 6. The first-order valence-electron chi connectivity index (χ1n) is 10.5. The molecule has 0 aliphatic carbocycles. The molecule has 1 aromatic heterocycles. The van der Waals surface area contributed by atoms with Crippen molar-refractivity contribution in [2.75, 3.05) is 0 Å². The minimum atomic E-state index is -0.609. The van der Waals surface area contributed by atoms with Crippen molar-refractivity contribution in [1.82, 2.24) is 9.55 Å². The van der Waals surface area contributed by atoms with Crippen LogP contribution in [0.1, 0.15) is 36.4 Å². The van der Waals surface area contributed by atoms with E-state index in [9.17, 15) is 13.9 Å². The summed E-state index contributed by atoms with van der Waals surface area (Å²) in [6, 6.07) is 15.9. The summed E-state index contributed by atoms with van der Waals surface area (Å²) in [7, 11) is 0. The van der Waals surface area contributed by atoms with Crippen LogP contribution in [0, 0.1) is 18.6 Å². The molecule has 0 saturated carbocycles. The van der Waals surface area contributed by atoms with Crippen LogP contribution < -0.4 is 0 Å². The van der Waals surface area contributed by atoms with E-state index in [0.717, 1.165) is 17.0 Å². The van der Waals surface area contributed by atoms with Gasteiger partial charge in [-0.15, -0.1) is 0 Å². The highest BCUT2D eigenvalue weighted by atomic mass is 35.5. The molecule has 0 atom stereocenters. The molecule has 0 aliphatic rings. The second-order valence-electron chi connectivity index (χ2n) is 8.42. The minimum absolute atomic E-state index is 0.0125. The fraction of sp³-hybridized carbons (Fsp3) is 0.192. The van der Waals surface area contributed by atoms with Crippen LogP contribution in [-0.2, 0) is 11.2 Å². The van der Waals surface area contributed by atoms with E-state index in [1.807, 2.05) is 31.4 Å². The molecule has 1 heterocycles. The normalized spacial score (nSPS) is 11.7. The van der Waals surface area contributed by atoms with Crippen molar-refractivity contribution < 1.29 is 13.9 Å². The van der Waals surface area contributed by atoms with Gasteiger partial charge >= 0.3 is 0 Å². The Morgan fingerprint density at radius 3 is 2.35 bits per heavy atom. The van der Waals surface area contributed by atoms with Crippen LogP contribution in [0.25, 0.3) is 5.69 Å². The number of nitrogens with zero attached hydrogens (tertiary/aromatic N) is 2. The van der Waals surface area contributed by atoms with Crippen LogP contribution >= 0.6 is 35.0 Å². The van der Waals surface area contributed by atoms with E-state index in [-0.39, 0.29) is 28.2 Å². The van der Waals surface area contributed by atoms with Crippen molar-refractivity contribution in [2.24, 2.45) is 0 Å². The van der Waals surface area contributed by atoms with E-state index in [4.69, 9.17) is 28.2 Å². The number of aromatic nitrogens is 2. The topological polar surface area (TPSA) is 38.0 Å². The van der Waals surface area contributed by atoms with E-state index in [1.54, 1.807) is 36.4 Å². The lowest BCUT2D eigenvalue weighted by Gasteiger charge is -2.28. The summed E-state index contributed by atoms with van der Waals surface area (Å²) >= 11 is 13.6. The van der Waals surface area contributed by atoms with Crippen LogP contribution in [-0.4, -0.2) is 14.7 Å². The summed E-state index contributed by atoms with van der Waals surface area (Å²) in [4.78, 5) is 4.79. The second kappa shape index (κ2) is 9.61. The van der Waals surface area contributed by atoms with E-state index in [0.29, 0.717) is 21.4 Å². The third kappa shape index (κ3) is 4.67. The van der Waals surface area contributed by atoms with Gasteiger partial charge < -0.3 is 5.11 Å². The largest absolute Gasteiger partial charge is 0.506 e. The first kappa shape index (κ1) is 24.6. The highest BCUT2D eigenvalue weighted by Gasteiger charge is 2.32. The van der Waals surface area contributed by atoms with Gasteiger partial charge in [0.15, 0.2) is 5.16 Å². The van der Waals surface area contributed by atoms with Gasteiger partial charge in [0.2, 0.25) is 0 Å². The first-order valence-corrected chi connectivity index (χ1v) is 12.2. The smallest absolute Gasteiger partial charge is 0.173 e. The van der Waals surface area contributed by atoms with E-state index in [1.165, 1.54) is 30.0 Å². The quantitative estimate of drug-likeness (QED) is 0.262. The predicted molar refractivity (Wildman–Crippen MR) is 134 cm³/mol. The molecule has 3 nitrogen and oxygen atoms in total. The Labute approximate surface area is 211 Å². The number of hydrogen-bond donors (Lipinski definition) is 1. The summed E-state index contributed by atoms with van der Waals surface area (Å²) in [6.45, 7) is 5.93. The molecule has 0 unspecified atom stereocenters. The van der Waals surface area contributed by atoms with Crippen LogP contribution in [0.3, 0.4) is 0 Å². The number of thioether (sulfide) groups is 1. The molecule has 4 rings (SSSR count). The summed E-state index contributed by atoms with van der Waals surface area (Å²) < 4.78 is 30.1. The summed E-state index contributed by atoms with van der Waals surface area (Å²) in [5, 5.41) is 11.4. The van der Waals surface area contributed by atoms with Crippen LogP contribution in [0.4, 0.5) is 8.78 Å². The van der Waals surface area contributed by atoms with Gasteiger partial charge in [0.1, 0.15) is 17.4 Å². The maximum atomic E-state index is 14.4. The van der Waals surface area contributed by atoms with Gasteiger partial charge in [-0.1, -0.05) is 60.9 Å². The van der Waals surface area contributed by atoms with Crippen molar-refractivity contribution in [3.63, 3.8) is 0 Å². The standard InChI is InChI=1S/C26H22Cl2F2N2OS/c1-15-24(26(2,3)16-7-12-21(28)23(33)13-16)32(18-10-8-17(29)9-11-18)25(31-15)34-14-19-20(27)5-4-6-22(19)30/h4-13,33H,14H2,1-3H3. The highest BCUT2D eigenvalue weighted by Crippen LogP contribution is 2.41. The molecule has 0 amide bonds. The molecule has 0 spiro atoms. The lowest BCUT2D eigenvalue weighted by Crippen LogP contribution is -2.24. The summed E-state index contributed by atoms with van der Waals surface area (Å²) in [5.41, 5.74) is 2.93. The Morgan fingerprint density at radius 1 is 1.00 bits per heavy atom. The molecule has 8 heteroatoms. The fourth-order valence-electron chi connectivity index (χ4n) is 4.01. The molecule has 0 aliphatic heterocycles. The molecule has 3 aromatic carbocycles. The molecule has 1 N–H and O–H groups in total. The summed E-state index contributed by atoms with van der Waals surface area (Å²) in [6.07, 6.45) is 0. The average Bonchev–Trinajstić information content (AvgIpc) is 3.12. The molecule has 0 radical (unpaired) electrons. The number of aromatic hydroxyl groups is 1. The van der Waals surface area contributed by atoms with Crippen LogP contribution in [0.2, 0.25) is 10.0 Å². The molecular formula is C26H22Cl2F2N2OS. The lowest BCUT2D eigenvalue weighted by atomic mass is 9.80. The van der Waals surface area contributed by atoms with Gasteiger partial charge in [0.25, 0.3) is 0 Å². The minimum Gasteiger partial charge on any atom is -0.506 e. The van der Waals surface area contributed by atoms with Crippen molar-refractivity contribution >= 4 is 35.0 Å². The van der Waals surface area contributed by atoms with Gasteiger partial charge in [-0.2, -0.15) is 0 Å². The van der Waals surface area contributed by atoms with E-state index >= 15 is 0 Å². The van der Waals surface area contributed by atoms with E-state index < -0.39 is 5.41 Å². The van der Waals surface area contributed by atoms with Crippen LogP contribution in [0.15, 0.2) is 65.8 Å². The number of aryl methyl sites for hydroxylation is 1. The molecule has 176 valence electrons. The maximum absolute atomic E-state index is 14.4. The SMILES string of the molecule is Cc1nc(SCc2c(F)cccc2Cl)n(-c2ccc(F)cc2)c1C(C)(C)c1ccc(Cl)c(O)c1. The van der Waals surface area contributed by atoms with Crippen molar-refractivity contribution in [1.29, 1.82) is 0 Å². The number of halogens is 4.